The normalized spacial score (nSPS) is 10.2. The van der Waals surface area contributed by atoms with Crippen molar-refractivity contribution >= 4 is 40.5 Å². The highest BCUT2D eigenvalue weighted by molar-refractivity contribution is 6.35. The molecule has 0 aliphatic heterocycles. The fourth-order valence-corrected chi connectivity index (χ4v) is 2.10. The van der Waals surface area contributed by atoms with Crippen molar-refractivity contribution in [3.05, 3.63) is 52.0 Å². The molecule has 1 aromatic carbocycles. The van der Waals surface area contributed by atoms with E-state index >= 15 is 0 Å². The Morgan fingerprint density at radius 2 is 1.95 bits per heavy atom. The zero-order chi connectivity index (χ0) is 14.7. The molecule has 0 saturated heterocycles. The molecule has 0 fully saturated rings. The zero-order valence-corrected chi connectivity index (χ0v) is 11.9. The number of carbonyl (C=O) groups excluding carboxylic acids is 1. The maximum absolute atomic E-state index is 13.3. The van der Waals surface area contributed by atoms with Crippen LogP contribution in [0.5, 0.6) is 0 Å². The van der Waals surface area contributed by atoms with Gasteiger partial charge in [-0.15, -0.1) is 0 Å². The first-order chi connectivity index (χ1) is 9.52. The van der Waals surface area contributed by atoms with Gasteiger partial charge in [-0.25, -0.2) is 4.39 Å². The molecule has 2 N–H and O–H groups in total. The number of anilines is 2. The Balaban J connectivity index is 2.28. The summed E-state index contributed by atoms with van der Waals surface area (Å²) in [5, 5.41) is 5.15. The minimum atomic E-state index is -0.717. The SMILES string of the molecule is CNc1cnccc1C(=O)Nc1cc(Cl)c(F)c(Cl)c1. The first-order valence-electron chi connectivity index (χ1n) is 5.60. The van der Waals surface area contributed by atoms with Crippen LogP contribution < -0.4 is 10.6 Å². The standard InChI is InChI=1S/C13H10Cl2FN3O/c1-17-11-6-18-3-2-8(11)13(20)19-7-4-9(14)12(16)10(15)5-7/h2-6,17H,1H3,(H,19,20). The predicted molar refractivity (Wildman–Crippen MR) is 78.2 cm³/mol. The van der Waals surface area contributed by atoms with Crippen molar-refractivity contribution in [2.75, 3.05) is 17.7 Å². The Morgan fingerprint density at radius 1 is 1.30 bits per heavy atom. The molecule has 1 amide bonds. The Kier molecular flexibility index (Phi) is 4.42. The molecule has 0 saturated carbocycles. The molecule has 0 aliphatic rings. The number of carbonyl (C=O) groups is 1. The van der Waals surface area contributed by atoms with Crippen molar-refractivity contribution in [2.24, 2.45) is 0 Å². The van der Waals surface area contributed by atoms with Crippen LogP contribution in [0.15, 0.2) is 30.6 Å². The molecule has 0 aliphatic carbocycles. The van der Waals surface area contributed by atoms with Crippen LogP contribution in [-0.4, -0.2) is 17.9 Å². The molecule has 0 bridgehead atoms. The third-order valence-electron chi connectivity index (χ3n) is 2.58. The maximum atomic E-state index is 13.3. The molecule has 104 valence electrons. The van der Waals surface area contributed by atoms with E-state index in [1.165, 1.54) is 24.5 Å². The van der Waals surface area contributed by atoms with Crippen molar-refractivity contribution < 1.29 is 9.18 Å². The predicted octanol–water partition coefficient (Wildman–Crippen LogP) is 3.82. The summed E-state index contributed by atoms with van der Waals surface area (Å²) in [7, 11) is 1.68. The van der Waals surface area contributed by atoms with Crippen LogP contribution in [0.25, 0.3) is 0 Å². The number of pyridine rings is 1. The van der Waals surface area contributed by atoms with Gasteiger partial charge in [0.05, 0.1) is 27.5 Å². The van der Waals surface area contributed by atoms with Gasteiger partial charge in [-0.2, -0.15) is 0 Å². The fourth-order valence-electron chi connectivity index (χ4n) is 1.62. The molecule has 4 nitrogen and oxygen atoms in total. The number of nitrogens with zero attached hydrogens (tertiary/aromatic N) is 1. The molecule has 7 heteroatoms. The zero-order valence-electron chi connectivity index (χ0n) is 10.4. The van der Waals surface area contributed by atoms with Crippen LogP contribution in [0.4, 0.5) is 15.8 Å². The maximum Gasteiger partial charge on any atom is 0.257 e. The van der Waals surface area contributed by atoms with E-state index < -0.39 is 5.82 Å². The Bertz CT molecular complexity index is 641. The van der Waals surface area contributed by atoms with Gasteiger partial charge in [0.25, 0.3) is 5.91 Å². The number of rotatable bonds is 3. The summed E-state index contributed by atoms with van der Waals surface area (Å²) in [4.78, 5) is 16.1. The van der Waals surface area contributed by atoms with Gasteiger partial charge in [0.1, 0.15) is 0 Å². The number of nitrogens with one attached hydrogen (secondary N) is 2. The Hall–Kier alpha value is -1.85. The first-order valence-corrected chi connectivity index (χ1v) is 6.36. The molecule has 2 rings (SSSR count). The molecule has 0 radical (unpaired) electrons. The highest BCUT2D eigenvalue weighted by Gasteiger charge is 2.13. The molecule has 0 atom stereocenters. The van der Waals surface area contributed by atoms with Crippen molar-refractivity contribution in [1.82, 2.24) is 4.98 Å². The number of benzene rings is 1. The summed E-state index contributed by atoms with van der Waals surface area (Å²) in [6, 6.07) is 4.15. The van der Waals surface area contributed by atoms with E-state index in [2.05, 4.69) is 15.6 Å². The van der Waals surface area contributed by atoms with Crippen LogP contribution in [0.3, 0.4) is 0 Å². The number of halogens is 3. The van der Waals surface area contributed by atoms with E-state index in [1.54, 1.807) is 13.1 Å². The van der Waals surface area contributed by atoms with Crippen LogP contribution >= 0.6 is 23.2 Å². The quantitative estimate of drug-likeness (QED) is 0.847. The molecule has 20 heavy (non-hydrogen) atoms. The highest BCUT2D eigenvalue weighted by Crippen LogP contribution is 2.27. The first kappa shape index (κ1) is 14.6. The van der Waals surface area contributed by atoms with E-state index in [4.69, 9.17) is 23.2 Å². The van der Waals surface area contributed by atoms with Gasteiger partial charge in [0.2, 0.25) is 0 Å². The summed E-state index contributed by atoms with van der Waals surface area (Å²) in [5.74, 6) is -1.10. The third kappa shape index (κ3) is 3.00. The van der Waals surface area contributed by atoms with Crippen molar-refractivity contribution in [3.63, 3.8) is 0 Å². The summed E-state index contributed by atoms with van der Waals surface area (Å²) in [6.45, 7) is 0. The lowest BCUT2D eigenvalue weighted by atomic mass is 10.2. The lowest BCUT2D eigenvalue weighted by molar-refractivity contribution is 0.102. The molecule has 0 unspecified atom stereocenters. The summed E-state index contributed by atoms with van der Waals surface area (Å²) >= 11 is 11.3. The second-order valence-electron chi connectivity index (χ2n) is 3.88. The van der Waals surface area contributed by atoms with E-state index in [-0.39, 0.29) is 16.0 Å². The van der Waals surface area contributed by atoms with Gasteiger partial charge < -0.3 is 10.6 Å². The van der Waals surface area contributed by atoms with Gasteiger partial charge in [-0.05, 0) is 18.2 Å². The Morgan fingerprint density at radius 3 is 2.55 bits per heavy atom. The molecular formula is C13H10Cl2FN3O. The van der Waals surface area contributed by atoms with Crippen LogP contribution in [0.1, 0.15) is 10.4 Å². The van der Waals surface area contributed by atoms with Gasteiger partial charge in [0, 0.05) is 18.9 Å². The Labute approximate surface area is 124 Å². The molecule has 2 aromatic rings. The minimum absolute atomic E-state index is 0.156. The second-order valence-corrected chi connectivity index (χ2v) is 4.69. The van der Waals surface area contributed by atoms with Gasteiger partial charge >= 0.3 is 0 Å². The van der Waals surface area contributed by atoms with E-state index in [0.717, 1.165) is 0 Å². The number of amides is 1. The summed E-state index contributed by atoms with van der Waals surface area (Å²) in [6.07, 6.45) is 3.03. The average molecular weight is 314 g/mol. The number of hydrogen-bond donors (Lipinski definition) is 2. The summed E-state index contributed by atoms with van der Waals surface area (Å²) < 4.78 is 13.3. The monoisotopic (exact) mass is 313 g/mol. The van der Waals surface area contributed by atoms with Crippen LogP contribution in [0.2, 0.25) is 10.0 Å². The molecule has 1 aromatic heterocycles. The largest absolute Gasteiger partial charge is 0.386 e. The van der Waals surface area contributed by atoms with Gasteiger partial charge in [-0.1, -0.05) is 23.2 Å². The van der Waals surface area contributed by atoms with Crippen molar-refractivity contribution in [1.29, 1.82) is 0 Å². The second kappa shape index (κ2) is 6.07. The number of hydrogen-bond acceptors (Lipinski definition) is 3. The molecule has 1 heterocycles. The lowest BCUT2D eigenvalue weighted by Crippen LogP contribution is -2.14. The fraction of sp³-hybridized carbons (Fsp3) is 0.0769. The van der Waals surface area contributed by atoms with Crippen molar-refractivity contribution in [3.8, 4) is 0 Å². The topological polar surface area (TPSA) is 54.0 Å². The lowest BCUT2D eigenvalue weighted by Gasteiger charge is -2.10. The summed E-state index contributed by atoms with van der Waals surface area (Å²) in [5.41, 5.74) is 1.29. The number of aromatic nitrogens is 1. The van der Waals surface area contributed by atoms with Gasteiger partial charge in [-0.3, -0.25) is 9.78 Å². The average Bonchev–Trinajstić information content (AvgIpc) is 2.44. The molecular weight excluding hydrogens is 304 g/mol. The third-order valence-corrected chi connectivity index (χ3v) is 3.13. The molecule has 0 spiro atoms. The van der Waals surface area contributed by atoms with Crippen LogP contribution in [-0.2, 0) is 0 Å². The van der Waals surface area contributed by atoms with E-state index in [1.807, 2.05) is 0 Å². The minimum Gasteiger partial charge on any atom is -0.386 e. The van der Waals surface area contributed by atoms with Crippen LogP contribution in [0, 0.1) is 5.82 Å². The van der Waals surface area contributed by atoms with Gasteiger partial charge in [0.15, 0.2) is 5.82 Å². The van der Waals surface area contributed by atoms with Crippen molar-refractivity contribution in [2.45, 2.75) is 0 Å². The highest BCUT2D eigenvalue weighted by atomic mass is 35.5. The van der Waals surface area contributed by atoms with E-state index in [0.29, 0.717) is 16.9 Å². The smallest absolute Gasteiger partial charge is 0.257 e. The van der Waals surface area contributed by atoms with E-state index in [9.17, 15) is 9.18 Å².